The van der Waals surface area contributed by atoms with Gasteiger partial charge in [-0.05, 0) is 35.4 Å². The summed E-state index contributed by atoms with van der Waals surface area (Å²) in [5, 5.41) is 0. The third-order valence-corrected chi connectivity index (χ3v) is 4.66. The maximum atomic E-state index is 12.2. The Balaban J connectivity index is 2.05. The molecule has 0 N–H and O–H groups in total. The fraction of sp³-hybridized carbons (Fsp3) is 0.105. The molecule has 7 heteroatoms. The molecule has 2 aromatic carbocycles. The minimum Gasteiger partial charge on any atom is -0.427 e. The van der Waals surface area contributed by atoms with E-state index in [1.807, 2.05) is 0 Å². The lowest BCUT2D eigenvalue weighted by atomic mass is 9.96. The van der Waals surface area contributed by atoms with Crippen LogP contribution in [0.5, 0.6) is 5.75 Å². The summed E-state index contributed by atoms with van der Waals surface area (Å²) in [5.74, 6) is -1.61. The predicted molar refractivity (Wildman–Crippen MR) is 94.4 cm³/mol. The van der Waals surface area contributed by atoms with E-state index in [1.54, 1.807) is 42.7 Å². The smallest absolute Gasteiger partial charge is 0.347 e. The van der Waals surface area contributed by atoms with Gasteiger partial charge in [0.2, 0.25) is 0 Å². The summed E-state index contributed by atoms with van der Waals surface area (Å²) in [4.78, 5) is 35.9. The van der Waals surface area contributed by atoms with Crippen molar-refractivity contribution in [3.63, 3.8) is 0 Å². The molecule has 0 fully saturated rings. The zero-order chi connectivity index (χ0) is 18.8. The van der Waals surface area contributed by atoms with E-state index in [2.05, 4.69) is 0 Å². The van der Waals surface area contributed by atoms with E-state index in [-0.39, 0.29) is 11.1 Å². The van der Waals surface area contributed by atoms with Gasteiger partial charge in [-0.2, -0.15) is 0 Å². The largest absolute Gasteiger partial charge is 0.427 e. The number of carbonyl (C=O) groups is 3. The average molecular weight is 370 g/mol. The molecule has 0 aromatic heterocycles. The van der Waals surface area contributed by atoms with Gasteiger partial charge in [0, 0.05) is 28.9 Å². The predicted octanol–water partition coefficient (Wildman–Crippen LogP) is 2.34. The summed E-state index contributed by atoms with van der Waals surface area (Å²) in [5.41, 5.74) is 1.24. The third kappa shape index (κ3) is 3.48. The summed E-state index contributed by atoms with van der Waals surface area (Å²) in [6.45, 7) is 1.29. The molecule has 1 atom stereocenters. The monoisotopic (exact) mass is 370 g/mol. The van der Waals surface area contributed by atoms with Gasteiger partial charge < -0.3 is 9.47 Å². The number of hydrogen-bond acceptors (Lipinski definition) is 6. The Morgan fingerprint density at radius 2 is 1.35 bits per heavy atom. The molecule has 0 amide bonds. The Morgan fingerprint density at radius 3 is 1.77 bits per heavy atom. The highest BCUT2D eigenvalue weighted by Crippen LogP contribution is 2.34. The first-order chi connectivity index (χ1) is 12.4. The number of benzene rings is 2. The number of ether oxygens (including phenoxy) is 2. The van der Waals surface area contributed by atoms with Crippen molar-refractivity contribution in [3.8, 4) is 5.75 Å². The molecule has 0 spiro atoms. The highest BCUT2D eigenvalue weighted by molar-refractivity contribution is 7.84. The Hall–Kier alpha value is -3.06. The van der Waals surface area contributed by atoms with Gasteiger partial charge in [0.1, 0.15) is 5.75 Å². The lowest BCUT2D eigenvalue weighted by molar-refractivity contribution is -0.149. The number of esters is 3. The first-order valence-electron chi connectivity index (χ1n) is 7.60. The molecular formula is C19H14O6S. The maximum absolute atomic E-state index is 12.2. The van der Waals surface area contributed by atoms with Crippen LogP contribution in [0, 0.1) is 0 Å². The molecular weight excluding hydrogens is 356 g/mol. The molecule has 6 nitrogen and oxygen atoms in total. The second-order valence-corrected chi connectivity index (χ2v) is 6.90. The third-order valence-electron chi connectivity index (χ3n) is 3.72. The van der Waals surface area contributed by atoms with Crippen LogP contribution in [-0.2, 0) is 29.9 Å². The first-order valence-corrected chi connectivity index (χ1v) is 9.16. The van der Waals surface area contributed by atoms with E-state index in [0.717, 1.165) is 0 Å². The van der Waals surface area contributed by atoms with Gasteiger partial charge >= 0.3 is 17.9 Å². The van der Waals surface area contributed by atoms with Crippen molar-refractivity contribution in [1.29, 1.82) is 0 Å². The van der Waals surface area contributed by atoms with Crippen molar-refractivity contribution in [1.82, 2.24) is 0 Å². The van der Waals surface area contributed by atoms with Crippen molar-refractivity contribution in [2.24, 2.45) is 0 Å². The molecule has 0 bridgehead atoms. The highest BCUT2D eigenvalue weighted by Gasteiger charge is 2.34. The summed E-state index contributed by atoms with van der Waals surface area (Å²) in [6, 6.07) is 12.7. The quantitative estimate of drug-likeness (QED) is 0.466. The lowest BCUT2D eigenvalue weighted by Crippen LogP contribution is -2.02. The molecule has 26 heavy (non-hydrogen) atoms. The number of carbonyl (C=O) groups excluding carboxylic acids is 3. The fourth-order valence-electron chi connectivity index (χ4n) is 2.58. The number of cyclic esters (lactones) is 2. The summed E-state index contributed by atoms with van der Waals surface area (Å²) >= 11 is 0. The van der Waals surface area contributed by atoms with Crippen molar-refractivity contribution < 1.29 is 28.1 Å². The zero-order valence-electron chi connectivity index (χ0n) is 14.0. The van der Waals surface area contributed by atoms with Crippen LogP contribution in [0.3, 0.4) is 0 Å². The molecule has 0 saturated heterocycles. The van der Waals surface area contributed by atoms with E-state index >= 15 is 0 Å². The zero-order valence-corrected chi connectivity index (χ0v) is 14.8. The molecule has 1 aliphatic heterocycles. The van der Waals surface area contributed by atoms with Gasteiger partial charge in [0.05, 0.1) is 11.1 Å². The van der Waals surface area contributed by atoms with Gasteiger partial charge in [-0.25, -0.2) is 9.59 Å². The molecule has 0 radical (unpaired) electrons. The second kappa shape index (κ2) is 7.05. The SMILES string of the molecule is CC(=O)Oc1ccc(C2=C(c3ccc(S(C)=O)cc3)C(=O)OC2=O)cc1. The standard InChI is InChI=1S/C19H14O6S/c1-11(20)24-14-7-3-12(4-8-14)16-17(19(22)25-18(16)21)13-5-9-15(10-6-13)26(2)23/h3-10H,1-2H3. The van der Waals surface area contributed by atoms with Crippen molar-refractivity contribution in [2.75, 3.05) is 6.26 Å². The van der Waals surface area contributed by atoms with Crippen LogP contribution in [-0.4, -0.2) is 28.4 Å². The Morgan fingerprint density at radius 1 is 0.885 bits per heavy atom. The van der Waals surface area contributed by atoms with Crippen LogP contribution >= 0.6 is 0 Å². The van der Waals surface area contributed by atoms with Crippen molar-refractivity contribution in [2.45, 2.75) is 11.8 Å². The molecule has 1 unspecified atom stereocenters. The Bertz CT molecular complexity index is 955. The van der Waals surface area contributed by atoms with Crippen molar-refractivity contribution >= 4 is 39.9 Å². The molecule has 2 aromatic rings. The topological polar surface area (TPSA) is 86.7 Å². The average Bonchev–Trinajstić information content (AvgIpc) is 2.89. The van der Waals surface area contributed by atoms with Crippen LogP contribution in [0.15, 0.2) is 53.4 Å². The van der Waals surface area contributed by atoms with Gasteiger partial charge in [0.15, 0.2) is 0 Å². The Labute approximate surface area is 151 Å². The first kappa shape index (κ1) is 17.8. The summed E-state index contributed by atoms with van der Waals surface area (Å²) in [7, 11) is -1.15. The lowest BCUT2D eigenvalue weighted by Gasteiger charge is -2.06. The molecule has 3 rings (SSSR count). The van der Waals surface area contributed by atoms with E-state index < -0.39 is 28.7 Å². The molecule has 0 aliphatic carbocycles. The van der Waals surface area contributed by atoms with Crippen LogP contribution in [0.1, 0.15) is 18.1 Å². The van der Waals surface area contributed by atoms with Crippen molar-refractivity contribution in [3.05, 3.63) is 59.7 Å². The molecule has 0 saturated carbocycles. The van der Waals surface area contributed by atoms with Crippen LogP contribution < -0.4 is 4.74 Å². The van der Waals surface area contributed by atoms with Gasteiger partial charge in [0.25, 0.3) is 0 Å². The summed E-state index contributed by atoms with van der Waals surface area (Å²) < 4.78 is 21.2. The van der Waals surface area contributed by atoms with Crippen LogP contribution in [0.4, 0.5) is 0 Å². The number of hydrogen-bond donors (Lipinski definition) is 0. The minimum atomic E-state index is -1.15. The molecule has 1 aliphatic rings. The van der Waals surface area contributed by atoms with Crippen LogP contribution in [0.2, 0.25) is 0 Å². The minimum absolute atomic E-state index is 0.134. The Kier molecular flexibility index (Phi) is 4.81. The fourth-order valence-corrected chi connectivity index (χ4v) is 3.10. The van der Waals surface area contributed by atoms with Gasteiger partial charge in [-0.1, -0.05) is 24.3 Å². The van der Waals surface area contributed by atoms with E-state index in [9.17, 15) is 18.6 Å². The van der Waals surface area contributed by atoms with E-state index in [1.165, 1.54) is 19.1 Å². The molecule has 132 valence electrons. The second-order valence-electron chi connectivity index (χ2n) is 5.52. The van der Waals surface area contributed by atoms with E-state index in [0.29, 0.717) is 21.8 Å². The van der Waals surface area contributed by atoms with Gasteiger partial charge in [-0.3, -0.25) is 9.00 Å². The van der Waals surface area contributed by atoms with E-state index in [4.69, 9.17) is 9.47 Å². The molecule has 1 heterocycles. The van der Waals surface area contributed by atoms with Gasteiger partial charge in [-0.15, -0.1) is 0 Å². The highest BCUT2D eigenvalue weighted by atomic mass is 32.2. The summed E-state index contributed by atoms with van der Waals surface area (Å²) in [6.07, 6.45) is 1.55. The normalized spacial score (nSPS) is 15.0. The van der Waals surface area contributed by atoms with Crippen LogP contribution in [0.25, 0.3) is 11.1 Å². The maximum Gasteiger partial charge on any atom is 0.347 e. The number of rotatable bonds is 4.